The molecule has 0 bridgehead atoms. The van der Waals surface area contributed by atoms with Crippen LogP contribution in [0.4, 0.5) is 28.8 Å². The van der Waals surface area contributed by atoms with Crippen molar-refractivity contribution in [2.24, 2.45) is 10.2 Å². The summed E-state index contributed by atoms with van der Waals surface area (Å²) in [5, 5.41) is 38.2. The van der Waals surface area contributed by atoms with Crippen molar-refractivity contribution in [2.75, 3.05) is 24.8 Å². The van der Waals surface area contributed by atoms with Gasteiger partial charge in [-0.15, -0.1) is 10.2 Å². The number of ether oxygens (including phenoxy) is 1. The van der Waals surface area contributed by atoms with Crippen molar-refractivity contribution in [2.45, 2.75) is 6.92 Å². The Balaban J connectivity index is 1.73. The molecule has 3 aromatic heterocycles. The summed E-state index contributed by atoms with van der Waals surface area (Å²) in [6.45, 7) is 1.71. The molecule has 0 fully saturated rings. The lowest BCUT2D eigenvalue weighted by molar-refractivity contribution is 0.0600. The van der Waals surface area contributed by atoms with Gasteiger partial charge < -0.3 is 15.4 Å². The van der Waals surface area contributed by atoms with Crippen molar-refractivity contribution in [1.82, 2.24) is 24.7 Å². The van der Waals surface area contributed by atoms with Crippen LogP contribution in [0.25, 0.3) is 5.95 Å². The first-order valence-electron chi connectivity index (χ1n) is 10.8. The third-order valence-corrected chi connectivity index (χ3v) is 5.18. The standard InChI is InChI=1S/C24H19N11O2/c1-14-18(12-26)20(31-17-7-5-15(6-8-17)23(36)37-3)32-21(27-2)19(14)33-34-22-16(11-25)13-30-35(22)24-28-9-4-10-29-24/h4-10,13H,1-3H3,(H2,27,31,32). The van der Waals surface area contributed by atoms with Crippen molar-refractivity contribution in [3.63, 3.8) is 0 Å². The number of azo groups is 1. The molecule has 0 saturated carbocycles. The molecule has 182 valence electrons. The van der Waals surface area contributed by atoms with Crippen LogP contribution in [0, 0.1) is 29.6 Å². The molecule has 3 heterocycles. The third kappa shape index (κ3) is 4.91. The summed E-state index contributed by atoms with van der Waals surface area (Å²) in [5.41, 5.74) is 2.21. The van der Waals surface area contributed by atoms with Crippen LogP contribution < -0.4 is 10.6 Å². The molecule has 0 spiro atoms. The molecule has 0 radical (unpaired) electrons. The van der Waals surface area contributed by atoms with Gasteiger partial charge in [-0.25, -0.2) is 19.7 Å². The first-order valence-corrected chi connectivity index (χ1v) is 10.8. The Morgan fingerprint density at radius 2 is 1.81 bits per heavy atom. The minimum atomic E-state index is -0.454. The Kier molecular flexibility index (Phi) is 7.07. The lowest BCUT2D eigenvalue weighted by atomic mass is 10.1. The highest BCUT2D eigenvalue weighted by Crippen LogP contribution is 2.36. The summed E-state index contributed by atoms with van der Waals surface area (Å²) in [6.07, 6.45) is 4.42. The molecule has 2 N–H and O–H groups in total. The predicted molar refractivity (Wildman–Crippen MR) is 132 cm³/mol. The molecule has 37 heavy (non-hydrogen) atoms. The average Bonchev–Trinajstić information content (AvgIpc) is 3.35. The number of anilines is 3. The second kappa shape index (κ2) is 10.7. The lowest BCUT2D eigenvalue weighted by Crippen LogP contribution is -2.05. The number of hydrogen-bond donors (Lipinski definition) is 2. The van der Waals surface area contributed by atoms with Gasteiger partial charge in [-0.2, -0.15) is 20.3 Å². The van der Waals surface area contributed by atoms with Gasteiger partial charge in [0.15, 0.2) is 17.5 Å². The number of nitrogens with zero attached hydrogens (tertiary/aromatic N) is 9. The topological polar surface area (TPSA) is 179 Å². The number of aromatic nitrogens is 5. The number of hydrogen-bond acceptors (Lipinski definition) is 12. The number of nitrogens with one attached hydrogen (secondary N) is 2. The van der Waals surface area contributed by atoms with Crippen molar-refractivity contribution in [3.8, 4) is 18.1 Å². The van der Waals surface area contributed by atoms with E-state index in [1.807, 2.05) is 6.07 Å². The van der Waals surface area contributed by atoms with E-state index in [0.717, 1.165) is 0 Å². The summed E-state index contributed by atoms with van der Waals surface area (Å²) < 4.78 is 6.01. The molecular formula is C24H19N11O2. The summed E-state index contributed by atoms with van der Waals surface area (Å²) in [5.74, 6) is 0.521. The van der Waals surface area contributed by atoms with Crippen LogP contribution in [0.5, 0.6) is 0 Å². The quantitative estimate of drug-likeness (QED) is 0.281. The van der Waals surface area contributed by atoms with Crippen LogP contribution in [0.2, 0.25) is 0 Å². The van der Waals surface area contributed by atoms with Crippen LogP contribution in [0.3, 0.4) is 0 Å². The fraction of sp³-hybridized carbons (Fsp3) is 0.125. The zero-order chi connectivity index (χ0) is 26.4. The molecule has 0 aliphatic rings. The third-order valence-electron chi connectivity index (χ3n) is 5.18. The van der Waals surface area contributed by atoms with E-state index in [1.54, 1.807) is 44.3 Å². The van der Waals surface area contributed by atoms with Crippen LogP contribution in [-0.4, -0.2) is 44.9 Å². The number of carbonyl (C=O) groups is 1. The predicted octanol–water partition coefficient (Wildman–Crippen LogP) is 4.10. The summed E-state index contributed by atoms with van der Waals surface area (Å²) in [7, 11) is 2.97. The Morgan fingerprint density at radius 3 is 2.43 bits per heavy atom. The Labute approximate surface area is 211 Å². The van der Waals surface area contributed by atoms with Crippen LogP contribution in [0.1, 0.15) is 27.0 Å². The minimum Gasteiger partial charge on any atom is -0.465 e. The molecule has 13 nitrogen and oxygen atoms in total. The molecule has 0 aliphatic carbocycles. The molecule has 0 atom stereocenters. The highest BCUT2D eigenvalue weighted by atomic mass is 16.5. The molecule has 1 aromatic carbocycles. The Morgan fingerprint density at radius 1 is 1.08 bits per heavy atom. The maximum absolute atomic E-state index is 11.7. The highest BCUT2D eigenvalue weighted by Gasteiger charge is 2.19. The second-order valence-electron chi connectivity index (χ2n) is 7.37. The van der Waals surface area contributed by atoms with E-state index in [2.05, 4.69) is 47.0 Å². The number of nitriles is 2. The monoisotopic (exact) mass is 493 g/mol. The number of rotatable bonds is 7. The van der Waals surface area contributed by atoms with Crippen molar-refractivity contribution >= 4 is 34.8 Å². The van der Waals surface area contributed by atoms with Gasteiger partial charge in [-0.3, -0.25) is 0 Å². The van der Waals surface area contributed by atoms with E-state index in [-0.39, 0.29) is 28.7 Å². The van der Waals surface area contributed by atoms with Gasteiger partial charge >= 0.3 is 5.97 Å². The van der Waals surface area contributed by atoms with Gasteiger partial charge in [0, 0.05) is 30.7 Å². The average molecular weight is 493 g/mol. The fourth-order valence-corrected chi connectivity index (χ4v) is 3.32. The minimum absolute atomic E-state index is 0.126. The number of methoxy groups -OCH3 is 1. The molecule has 0 saturated heterocycles. The Hall–Kier alpha value is -5.69. The van der Waals surface area contributed by atoms with E-state index < -0.39 is 5.97 Å². The number of carbonyl (C=O) groups excluding carboxylic acids is 1. The summed E-state index contributed by atoms with van der Waals surface area (Å²) >= 11 is 0. The summed E-state index contributed by atoms with van der Waals surface area (Å²) in [6, 6.07) is 12.4. The van der Waals surface area contributed by atoms with E-state index in [9.17, 15) is 15.3 Å². The largest absolute Gasteiger partial charge is 0.465 e. The van der Waals surface area contributed by atoms with Gasteiger partial charge in [0.05, 0.1) is 24.4 Å². The maximum Gasteiger partial charge on any atom is 0.337 e. The smallest absolute Gasteiger partial charge is 0.337 e. The summed E-state index contributed by atoms with van der Waals surface area (Å²) in [4.78, 5) is 24.5. The van der Waals surface area contributed by atoms with E-state index in [0.29, 0.717) is 28.3 Å². The first-order chi connectivity index (χ1) is 18.0. The van der Waals surface area contributed by atoms with Gasteiger partial charge in [0.2, 0.25) is 0 Å². The normalized spacial score (nSPS) is 10.5. The highest BCUT2D eigenvalue weighted by molar-refractivity contribution is 5.90. The molecule has 13 heteroatoms. The fourth-order valence-electron chi connectivity index (χ4n) is 3.32. The Bertz CT molecular complexity index is 1560. The van der Waals surface area contributed by atoms with Gasteiger partial charge in [0.25, 0.3) is 5.95 Å². The zero-order valence-electron chi connectivity index (χ0n) is 20.0. The first kappa shape index (κ1) is 24.4. The van der Waals surface area contributed by atoms with Gasteiger partial charge in [-0.05, 0) is 37.3 Å². The van der Waals surface area contributed by atoms with E-state index in [4.69, 9.17) is 4.74 Å². The number of benzene rings is 1. The SMILES string of the molecule is CNc1nc(Nc2ccc(C(=O)OC)cc2)c(C#N)c(C)c1N=Nc1c(C#N)cnn1-c1ncccn1. The number of pyridine rings is 1. The molecule has 4 aromatic rings. The maximum atomic E-state index is 11.7. The van der Waals surface area contributed by atoms with Gasteiger partial charge in [0.1, 0.15) is 23.4 Å². The molecule has 4 rings (SSSR count). The van der Waals surface area contributed by atoms with Gasteiger partial charge in [-0.1, -0.05) is 0 Å². The van der Waals surface area contributed by atoms with Crippen LogP contribution in [-0.2, 0) is 4.74 Å². The molecule has 0 unspecified atom stereocenters. The number of esters is 1. The molecular weight excluding hydrogens is 474 g/mol. The van der Waals surface area contributed by atoms with Crippen LogP contribution >= 0.6 is 0 Å². The molecule has 0 aliphatic heterocycles. The second-order valence-corrected chi connectivity index (χ2v) is 7.37. The van der Waals surface area contributed by atoms with Crippen molar-refractivity contribution < 1.29 is 9.53 Å². The lowest BCUT2D eigenvalue weighted by Gasteiger charge is -2.14. The van der Waals surface area contributed by atoms with E-state index in [1.165, 1.54) is 30.4 Å². The zero-order valence-corrected chi connectivity index (χ0v) is 20.0. The van der Waals surface area contributed by atoms with Crippen molar-refractivity contribution in [1.29, 1.82) is 10.5 Å². The van der Waals surface area contributed by atoms with Crippen LogP contribution in [0.15, 0.2) is 59.2 Å². The van der Waals surface area contributed by atoms with E-state index >= 15 is 0 Å². The van der Waals surface area contributed by atoms with Crippen molar-refractivity contribution in [3.05, 3.63) is 71.2 Å². The molecule has 0 amide bonds.